The first-order valence-corrected chi connectivity index (χ1v) is 10.7. The summed E-state index contributed by atoms with van der Waals surface area (Å²) in [7, 11) is 0. The van der Waals surface area contributed by atoms with E-state index in [9.17, 15) is 18.8 Å². The molecule has 3 aromatic rings. The van der Waals surface area contributed by atoms with Gasteiger partial charge in [0.15, 0.2) is 5.69 Å². The van der Waals surface area contributed by atoms with Crippen molar-refractivity contribution < 1.29 is 13.6 Å². The highest BCUT2D eigenvalue weighted by molar-refractivity contribution is 8.00. The highest BCUT2D eigenvalue weighted by Crippen LogP contribution is 2.25. The SMILES string of the molecule is CCCCn1c(N)c(N(Cc2ccco2)C(=O)CSc2ccccc2F)c(=O)[nH]c1=O. The van der Waals surface area contributed by atoms with E-state index in [1.807, 2.05) is 6.92 Å². The topological polar surface area (TPSA) is 114 Å². The quantitative estimate of drug-likeness (QED) is 0.489. The maximum Gasteiger partial charge on any atom is 0.330 e. The molecule has 1 amide bonds. The Morgan fingerprint density at radius 1 is 1.26 bits per heavy atom. The number of amides is 1. The lowest BCUT2D eigenvalue weighted by Crippen LogP contribution is -2.41. The van der Waals surface area contributed by atoms with Gasteiger partial charge in [0.2, 0.25) is 5.91 Å². The molecule has 0 atom stereocenters. The number of carbonyl (C=O) groups is 1. The van der Waals surface area contributed by atoms with Crippen LogP contribution in [0.25, 0.3) is 0 Å². The van der Waals surface area contributed by atoms with Gasteiger partial charge in [-0.15, -0.1) is 11.8 Å². The van der Waals surface area contributed by atoms with Gasteiger partial charge < -0.3 is 10.2 Å². The van der Waals surface area contributed by atoms with E-state index in [1.165, 1.54) is 21.8 Å². The minimum Gasteiger partial charge on any atom is -0.467 e. The predicted molar refractivity (Wildman–Crippen MR) is 118 cm³/mol. The number of nitrogens with one attached hydrogen (secondary N) is 1. The number of nitrogens with two attached hydrogens (primary N) is 1. The van der Waals surface area contributed by atoms with Crippen molar-refractivity contribution in [2.75, 3.05) is 16.4 Å². The van der Waals surface area contributed by atoms with Crippen molar-refractivity contribution in [3.63, 3.8) is 0 Å². The van der Waals surface area contributed by atoms with Crippen LogP contribution in [0, 0.1) is 5.82 Å². The zero-order valence-corrected chi connectivity index (χ0v) is 17.8. The van der Waals surface area contributed by atoms with Gasteiger partial charge in [0.05, 0.1) is 18.6 Å². The summed E-state index contributed by atoms with van der Waals surface area (Å²) in [6, 6.07) is 9.41. The Kier molecular flexibility index (Phi) is 7.35. The largest absolute Gasteiger partial charge is 0.467 e. The molecule has 31 heavy (non-hydrogen) atoms. The molecule has 0 radical (unpaired) electrons. The summed E-state index contributed by atoms with van der Waals surface area (Å²) in [5.41, 5.74) is 4.64. The summed E-state index contributed by atoms with van der Waals surface area (Å²) < 4.78 is 20.5. The normalized spacial score (nSPS) is 10.9. The Labute approximate surface area is 181 Å². The van der Waals surface area contributed by atoms with E-state index in [1.54, 1.807) is 30.3 Å². The van der Waals surface area contributed by atoms with Crippen molar-refractivity contribution in [3.8, 4) is 0 Å². The molecule has 10 heteroatoms. The standard InChI is InChI=1S/C21H23FN4O4S/c1-2-3-10-25-19(23)18(20(28)24-21(25)29)26(12-14-7-6-11-30-14)17(27)13-31-16-9-5-4-8-15(16)22/h4-9,11H,2-3,10,12-13,23H2,1H3,(H,24,28,29). The van der Waals surface area contributed by atoms with Crippen molar-refractivity contribution in [1.29, 1.82) is 0 Å². The molecule has 1 aromatic carbocycles. The number of hydrogen-bond acceptors (Lipinski definition) is 6. The minimum absolute atomic E-state index is 0.0665. The highest BCUT2D eigenvalue weighted by atomic mass is 32.2. The zero-order valence-electron chi connectivity index (χ0n) is 17.0. The van der Waals surface area contributed by atoms with E-state index >= 15 is 0 Å². The van der Waals surface area contributed by atoms with Gasteiger partial charge in [-0.3, -0.25) is 24.0 Å². The van der Waals surface area contributed by atoms with E-state index in [0.29, 0.717) is 23.6 Å². The second-order valence-electron chi connectivity index (χ2n) is 6.78. The number of unbranched alkanes of at least 4 members (excludes halogenated alkanes) is 1. The first-order valence-electron chi connectivity index (χ1n) is 9.75. The van der Waals surface area contributed by atoms with Gasteiger partial charge in [-0.2, -0.15) is 0 Å². The average Bonchev–Trinajstić information content (AvgIpc) is 3.25. The van der Waals surface area contributed by atoms with E-state index < -0.39 is 23.0 Å². The van der Waals surface area contributed by atoms with Crippen molar-refractivity contribution in [2.24, 2.45) is 0 Å². The van der Waals surface area contributed by atoms with Crippen LogP contribution in [0.4, 0.5) is 15.9 Å². The number of furan rings is 1. The van der Waals surface area contributed by atoms with Crippen LogP contribution in [0.2, 0.25) is 0 Å². The van der Waals surface area contributed by atoms with Gasteiger partial charge in [-0.25, -0.2) is 9.18 Å². The summed E-state index contributed by atoms with van der Waals surface area (Å²) in [6.45, 7) is 2.20. The number of carbonyl (C=O) groups excluding carboxylic acids is 1. The molecule has 0 aliphatic carbocycles. The van der Waals surface area contributed by atoms with Crippen molar-refractivity contribution in [3.05, 3.63) is 75.1 Å². The molecule has 0 fully saturated rings. The fourth-order valence-corrected chi connectivity index (χ4v) is 3.82. The summed E-state index contributed by atoms with van der Waals surface area (Å²) in [5.74, 6) is -0.743. The monoisotopic (exact) mass is 446 g/mol. The third-order valence-corrected chi connectivity index (χ3v) is 5.64. The molecule has 2 heterocycles. The second-order valence-corrected chi connectivity index (χ2v) is 7.79. The molecular formula is C21H23FN4O4S. The fraction of sp³-hybridized carbons (Fsp3) is 0.286. The number of thioether (sulfide) groups is 1. The van der Waals surface area contributed by atoms with Gasteiger partial charge >= 0.3 is 5.69 Å². The van der Waals surface area contributed by atoms with Gasteiger partial charge in [0.1, 0.15) is 17.4 Å². The van der Waals surface area contributed by atoms with Gasteiger partial charge in [0, 0.05) is 11.4 Å². The fourth-order valence-electron chi connectivity index (χ4n) is 3.01. The maximum absolute atomic E-state index is 13.9. The van der Waals surface area contributed by atoms with Crippen molar-refractivity contribution >= 4 is 29.2 Å². The van der Waals surface area contributed by atoms with E-state index in [2.05, 4.69) is 4.98 Å². The molecule has 0 aliphatic rings. The molecule has 0 unspecified atom stereocenters. The summed E-state index contributed by atoms with van der Waals surface area (Å²) in [6.07, 6.45) is 2.93. The van der Waals surface area contributed by atoms with Crippen LogP contribution >= 0.6 is 11.8 Å². The van der Waals surface area contributed by atoms with Crippen LogP contribution in [0.1, 0.15) is 25.5 Å². The first-order chi connectivity index (χ1) is 14.9. The number of anilines is 2. The van der Waals surface area contributed by atoms with Gasteiger partial charge in [0.25, 0.3) is 5.56 Å². The third kappa shape index (κ3) is 5.26. The third-order valence-electron chi connectivity index (χ3n) is 4.60. The average molecular weight is 447 g/mol. The molecule has 0 saturated carbocycles. The van der Waals surface area contributed by atoms with Gasteiger partial charge in [-0.1, -0.05) is 25.5 Å². The molecule has 0 bridgehead atoms. The van der Waals surface area contributed by atoms with Crippen LogP contribution < -0.4 is 21.9 Å². The molecule has 164 valence electrons. The number of rotatable bonds is 9. The Bertz CT molecular complexity index is 1160. The van der Waals surface area contributed by atoms with E-state index in [0.717, 1.165) is 18.2 Å². The summed E-state index contributed by atoms with van der Waals surface area (Å²) >= 11 is 1.01. The number of benzene rings is 1. The van der Waals surface area contributed by atoms with Crippen LogP contribution in [-0.2, 0) is 17.9 Å². The molecule has 2 aromatic heterocycles. The van der Waals surface area contributed by atoms with Crippen LogP contribution in [0.3, 0.4) is 0 Å². The molecular weight excluding hydrogens is 423 g/mol. The molecule has 0 spiro atoms. The Hall–Kier alpha value is -3.27. The molecule has 8 nitrogen and oxygen atoms in total. The van der Waals surface area contributed by atoms with E-state index in [4.69, 9.17) is 10.2 Å². The lowest BCUT2D eigenvalue weighted by Gasteiger charge is -2.23. The summed E-state index contributed by atoms with van der Waals surface area (Å²) in [5, 5.41) is 0. The number of aromatic nitrogens is 2. The summed E-state index contributed by atoms with van der Waals surface area (Å²) in [4.78, 5) is 41.7. The molecule has 0 aliphatic heterocycles. The Morgan fingerprint density at radius 3 is 2.71 bits per heavy atom. The Balaban J connectivity index is 1.97. The highest BCUT2D eigenvalue weighted by Gasteiger charge is 2.25. The smallest absolute Gasteiger partial charge is 0.330 e. The number of aromatic amines is 1. The lowest BCUT2D eigenvalue weighted by atomic mass is 10.3. The predicted octanol–water partition coefficient (Wildman–Crippen LogP) is 2.98. The number of halogens is 1. The number of nitrogens with zero attached hydrogens (tertiary/aromatic N) is 2. The van der Waals surface area contributed by atoms with Gasteiger partial charge in [-0.05, 0) is 30.7 Å². The lowest BCUT2D eigenvalue weighted by molar-refractivity contribution is -0.116. The zero-order chi connectivity index (χ0) is 22.4. The molecule has 3 rings (SSSR count). The number of H-pyrrole nitrogens is 1. The second kappa shape index (κ2) is 10.2. The van der Waals surface area contributed by atoms with Crippen molar-refractivity contribution in [2.45, 2.75) is 37.8 Å². The van der Waals surface area contributed by atoms with Crippen LogP contribution in [0.5, 0.6) is 0 Å². The number of hydrogen-bond donors (Lipinski definition) is 2. The minimum atomic E-state index is -0.772. The Morgan fingerprint density at radius 2 is 2.03 bits per heavy atom. The molecule has 0 saturated heterocycles. The van der Waals surface area contributed by atoms with E-state index in [-0.39, 0.29) is 23.8 Å². The number of nitrogen functional groups attached to an aromatic ring is 1. The maximum atomic E-state index is 13.9. The first kappa shape index (κ1) is 22.4. The van der Waals surface area contributed by atoms with Crippen LogP contribution in [0.15, 0.2) is 61.6 Å². The molecule has 3 N–H and O–H groups in total. The van der Waals surface area contributed by atoms with Crippen molar-refractivity contribution in [1.82, 2.24) is 9.55 Å². The van der Waals surface area contributed by atoms with Crippen LogP contribution in [-0.4, -0.2) is 21.2 Å².